The van der Waals surface area contributed by atoms with Gasteiger partial charge in [-0.25, -0.2) is 4.39 Å². The van der Waals surface area contributed by atoms with Crippen molar-refractivity contribution in [2.24, 2.45) is 0 Å². The first-order valence-corrected chi connectivity index (χ1v) is 7.20. The number of hydrogen-bond donors (Lipinski definition) is 2. The number of anilines is 1. The molecule has 5 heteroatoms. The lowest BCUT2D eigenvalue weighted by Gasteiger charge is -2.05. The number of benzene rings is 2. The Morgan fingerprint density at radius 1 is 1.04 bits per heavy atom. The average molecular weight is 312 g/mol. The van der Waals surface area contributed by atoms with Crippen LogP contribution in [0.1, 0.15) is 12.0 Å². The summed E-state index contributed by atoms with van der Waals surface area (Å²) in [6.07, 6.45) is 3.23. The van der Waals surface area contributed by atoms with E-state index in [1.165, 1.54) is 24.3 Å². The van der Waals surface area contributed by atoms with Crippen molar-refractivity contribution in [1.29, 1.82) is 0 Å². The molecular formula is C18H17FN2O2. The molecule has 0 aliphatic heterocycles. The van der Waals surface area contributed by atoms with Crippen molar-refractivity contribution >= 4 is 23.6 Å². The normalized spacial score (nSPS) is 10.5. The van der Waals surface area contributed by atoms with E-state index in [1.54, 1.807) is 12.1 Å². The van der Waals surface area contributed by atoms with Gasteiger partial charge in [0.15, 0.2) is 0 Å². The van der Waals surface area contributed by atoms with Crippen LogP contribution >= 0.6 is 0 Å². The third-order valence-corrected chi connectivity index (χ3v) is 2.99. The van der Waals surface area contributed by atoms with Crippen molar-refractivity contribution in [1.82, 2.24) is 5.32 Å². The minimum absolute atomic E-state index is 0.113. The third-order valence-electron chi connectivity index (χ3n) is 2.99. The standard InChI is InChI=1S/C18H17FN2O2/c19-15-7-4-8-16(13-15)21-18(23)11-12-20-17(22)10-9-14-5-2-1-3-6-14/h1-10,13H,11-12H2,(H,20,22)(H,21,23). The van der Waals surface area contributed by atoms with Gasteiger partial charge in [-0.3, -0.25) is 9.59 Å². The summed E-state index contributed by atoms with van der Waals surface area (Å²) in [5.74, 6) is -0.975. The van der Waals surface area contributed by atoms with E-state index in [4.69, 9.17) is 0 Å². The van der Waals surface area contributed by atoms with Crippen LogP contribution < -0.4 is 10.6 Å². The zero-order chi connectivity index (χ0) is 16.5. The Balaban J connectivity index is 1.71. The van der Waals surface area contributed by atoms with Crippen molar-refractivity contribution in [2.75, 3.05) is 11.9 Å². The minimum Gasteiger partial charge on any atom is -0.352 e. The van der Waals surface area contributed by atoms with E-state index in [0.29, 0.717) is 5.69 Å². The Morgan fingerprint density at radius 3 is 2.57 bits per heavy atom. The summed E-state index contributed by atoms with van der Waals surface area (Å²) in [5, 5.41) is 5.19. The van der Waals surface area contributed by atoms with Crippen molar-refractivity contribution < 1.29 is 14.0 Å². The van der Waals surface area contributed by atoms with Crippen LogP contribution in [0.2, 0.25) is 0 Å². The number of amides is 2. The lowest BCUT2D eigenvalue weighted by Crippen LogP contribution is -2.26. The maximum Gasteiger partial charge on any atom is 0.244 e. The summed E-state index contributed by atoms with van der Waals surface area (Å²) in [5.41, 5.74) is 1.32. The summed E-state index contributed by atoms with van der Waals surface area (Å²) in [4.78, 5) is 23.3. The average Bonchev–Trinajstić information content (AvgIpc) is 2.54. The molecule has 4 nitrogen and oxygen atoms in total. The number of halogens is 1. The van der Waals surface area contributed by atoms with E-state index in [-0.39, 0.29) is 24.8 Å². The lowest BCUT2D eigenvalue weighted by atomic mass is 10.2. The van der Waals surface area contributed by atoms with Gasteiger partial charge in [-0.1, -0.05) is 36.4 Å². The Morgan fingerprint density at radius 2 is 1.83 bits per heavy atom. The van der Waals surface area contributed by atoms with Crippen LogP contribution in [-0.2, 0) is 9.59 Å². The first-order valence-electron chi connectivity index (χ1n) is 7.20. The Bertz CT molecular complexity index is 699. The third kappa shape index (κ3) is 6.13. The van der Waals surface area contributed by atoms with E-state index in [0.717, 1.165) is 5.56 Å². The highest BCUT2D eigenvalue weighted by Gasteiger charge is 2.04. The predicted molar refractivity (Wildman–Crippen MR) is 88.1 cm³/mol. The van der Waals surface area contributed by atoms with Crippen LogP contribution in [0.3, 0.4) is 0 Å². The van der Waals surface area contributed by atoms with Gasteiger partial charge in [0.05, 0.1) is 0 Å². The molecule has 0 aromatic heterocycles. The molecular weight excluding hydrogens is 295 g/mol. The van der Waals surface area contributed by atoms with Gasteiger partial charge in [0.2, 0.25) is 11.8 Å². The van der Waals surface area contributed by atoms with Crippen LogP contribution in [0.25, 0.3) is 6.08 Å². The highest BCUT2D eigenvalue weighted by atomic mass is 19.1. The second-order valence-electron chi connectivity index (χ2n) is 4.84. The molecule has 0 radical (unpaired) electrons. The highest BCUT2D eigenvalue weighted by Crippen LogP contribution is 2.09. The zero-order valence-corrected chi connectivity index (χ0v) is 12.5. The van der Waals surface area contributed by atoms with Crippen molar-refractivity contribution in [3.63, 3.8) is 0 Å². The van der Waals surface area contributed by atoms with Gasteiger partial charge in [0.1, 0.15) is 5.82 Å². The van der Waals surface area contributed by atoms with Crippen LogP contribution in [0, 0.1) is 5.82 Å². The molecule has 118 valence electrons. The molecule has 0 heterocycles. The molecule has 2 amide bonds. The molecule has 0 saturated heterocycles. The molecule has 0 spiro atoms. The Labute approximate surface area is 134 Å². The topological polar surface area (TPSA) is 58.2 Å². The Kier molecular flexibility index (Phi) is 6.06. The number of carbonyl (C=O) groups excluding carboxylic acids is 2. The fraction of sp³-hybridized carbons (Fsp3) is 0.111. The monoisotopic (exact) mass is 312 g/mol. The summed E-state index contributed by atoms with van der Waals surface area (Å²) >= 11 is 0. The maximum absolute atomic E-state index is 13.0. The van der Waals surface area contributed by atoms with Gasteiger partial charge in [-0.2, -0.15) is 0 Å². The van der Waals surface area contributed by atoms with Crippen molar-refractivity contribution in [2.45, 2.75) is 6.42 Å². The molecule has 2 rings (SSSR count). The van der Waals surface area contributed by atoms with E-state index >= 15 is 0 Å². The first kappa shape index (κ1) is 16.4. The van der Waals surface area contributed by atoms with Gasteiger partial charge >= 0.3 is 0 Å². The SMILES string of the molecule is O=C(C=Cc1ccccc1)NCCC(=O)Nc1cccc(F)c1. The summed E-state index contributed by atoms with van der Waals surface area (Å²) in [6, 6.07) is 15.1. The quantitative estimate of drug-likeness (QED) is 0.806. The molecule has 23 heavy (non-hydrogen) atoms. The van der Waals surface area contributed by atoms with Crippen LogP contribution in [0.4, 0.5) is 10.1 Å². The molecule has 0 bridgehead atoms. The molecule has 0 saturated carbocycles. The van der Waals surface area contributed by atoms with Crippen LogP contribution in [0.15, 0.2) is 60.7 Å². The van der Waals surface area contributed by atoms with Gasteiger partial charge in [0.25, 0.3) is 0 Å². The van der Waals surface area contributed by atoms with E-state index in [1.807, 2.05) is 30.3 Å². The summed E-state index contributed by atoms with van der Waals surface area (Å²) in [7, 11) is 0. The largest absolute Gasteiger partial charge is 0.352 e. The lowest BCUT2D eigenvalue weighted by molar-refractivity contribution is -0.117. The molecule has 0 fully saturated rings. The number of rotatable bonds is 6. The fourth-order valence-corrected chi connectivity index (χ4v) is 1.88. The molecule has 0 aliphatic carbocycles. The molecule has 0 aliphatic rings. The van der Waals surface area contributed by atoms with E-state index in [2.05, 4.69) is 10.6 Å². The van der Waals surface area contributed by atoms with Crippen molar-refractivity contribution in [3.05, 3.63) is 72.1 Å². The van der Waals surface area contributed by atoms with Gasteiger partial charge in [0, 0.05) is 24.7 Å². The minimum atomic E-state index is -0.415. The molecule has 2 N–H and O–H groups in total. The smallest absolute Gasteiger partial charge is 0.244 e. The molecule has 2 aromatic rings. The van der Waals surface area contributed by atoms with Gasteiger partial charge < -0.3 is 10.6 Å². The first-order chi connectivity index (χ1) is 11.1. The molecule has 2 aromatic carbocycles. The van der Waals surface area contributed by atoms with Crippen molar-refractivity contribution in [3.8, 4) is 0 Å². The predicted octanol–water partition coefficient (Wildman–Crippen LogP) is 2.98. The zero-order valence-electron chi connectivity index (χ0n) is 12.5. The number of carbonyl (C=O) groups is 2. The van der Waals surface area contributed by atoms with Crippen LogP contribution in [0.5, 0.6) is 0 Å². The second kappa shape index (κ2) is 8.48. The van der Waals surface area contributed by atoms with E-state index in [9.17, 15) is 14.0 Å². The Hall–Kier alpha value is -2.95. The summed E-state index contributed by atoms with van der Waals surface area (Å²) in [6.45, 7) is 0.207. The highest BCUT2D eigenvalue weighted by molar-refractivity contribution is 5.93. The molecule has 0 unspecified atom stereocenters. The van der Waals surface area contributed by atoms with Gasteiger partial charge in [-0.15, -0.1) is 0 Å². The van der Waals surface area contributed by atoms with Gasteiger partial charge in [-0.05, 0) is 29.8 Å². The number of nitrogens with one attached hydrogen (secondary N) is 2. The summed E-state index contributed by atoms with van der Waals surface area (Å²) < 4.78 is 13.0. The van der Waals surface area contributed by atoms with Crippen LogP contribution in [-0.4, -0.2) is 18.4 Å². The number of hydrogen-bond acceptors (Lipinski definition) is 2. The second-order valence-corrected chi connectivity index (χ2v) is 4.84. The maximum atomic E-state index is 13.0. The van der Waals surface area contributed by atoms with E-state index < -0.39 is 5.82 Å². The molecule has 0 atom stereocenters. The fourth-order valence-electron chi connectivity index (χ4n) is 1.88.